The number of carbonyl (C=O) groups excluding carboxylic acids is 1. The van der Waals surface area contributed by atoms with Crippen LogP contribution in [0, 0.1) is 6.92 Å². The Labute approximate surface area is 107 Å². The van der Waals surface area contributed by atoms with E-state index in [-0.39, 0.29) is 5.78 Å². The Bertz CT molecular complexity index is 561. The van der Waals surface area contributed by atoms with Crippen molar-refractivity contribution >= 4 is 5.78 Å². The number of ketones is 1. The minimum Gasteiger partial charge on any atom is -0.326 e. The van der Waals surface area contributed by atoms with E-state index in [9.17, 15) is 4.79 Å². The maximum absolute atomic E-state index is 12.3. The lowest BCUT2D eigenvalue weighted by atomic mass is 9.96. The van der Waals surface area contributed by atoms with Crippen molar-refractivity contribution in [3.63, 3.8) is 0 Å². The summed E-state index contributed by atoms with van der Waals surface area (Å²) in [6, 6.07) is 15.5. The quantitative estimate of drug-likeness (QED) is 0.834. The molecular formula is C16H17NO. The molecule has 0 bridgehead atoms. The molecule has 0 atom stereocenters. The summed E-state index contributed by atoms with van der Waals surface area (Å²) in [5, 5.41) is 0. The van der Waals surface area contributed by atoms with Crippen molar-refractivity contribution in [3.8, 4) is 0 Å². The Morgan fingerprint density at radius 3 is 2.28 bits per heavy atom. The van der Waals surface area contributed by atoms with Crippen LogP contribution >= 0.6 is 0 Å². The Morgan fingerprint density at radius 2 is 1.61 bits per heavy atom. The van der Waals surface area contributed by atoms with Gasteiger partial charge in [-0.2, -0.15) is 0 Å². The molecule has 0 aliphatic carbocycles. The number of hydrogen-bond donors (Lipinski definition) is 1. The molecule has 0 saturated heterocycles. The average Bonchev–Trinajstić information content (AvgIpc) is 2.39. The van der Waals surface area contributed by atoms with Crippen LogP contribution in [0.15, 0.2) is 48.5 Å². The molecule has 0 amide bonds. The van der Waals surface area contributed by atoms with Crippen LogP contribution in [-0.4, -0.2) is 5.78 Å². The Hall–Kier alpha value is -1.93. The molecule has 0 radical (unpaired) electrons. The Balaban J connectivity index is 2.24. The van der Waals surface area contributed by atoms with Crippen LogP contribution in [0.3, 0.4) is 0 Å². The van der Waals surface area contributed by atoms with E-state index in [1.807, 2.05) is 55.5 Å². The maximum Gasteiger partial charge on any atom is 0.167 e. The molecule has 0 heterocycles. The third kappa shape index (κ3) is 2.66. The predicted octanol–water partition coefficient (Wildman–Crippen LogP) is 2.88. The standard InChI is InChI=1S/C16H17NO/c1-12-6-2-5-9-15(12)16(18)10-13-7-3-4-8-14(13)11-17/h2-9H,10-11,17H2,1H3. The topological polar surface area (TPSA) is 43.1 Å². The summed E-state index contributed by atoms with van der Waals surface area (Å²) in [6.07, 6.45) is 0.415. The van der Waals surface area contributed by atoms with Crippen molar-refractivity contribution in [2.75, 3.05) is 0 Å². The molecule has 0 aromatic heterocycles. The van der Waals surface area contributed by atoms with E-state index in [2.05, 4.69) is 0 Å². The highest BCUT2D eigenvalue weighted by molar-refractivity contribution is 5.98. The molecule has 2 aromatic carbocycles. The number of aryl methyl sites for hydroxylation is 1. The fourth-order valence-corrected chi connectivity index (χ4v) is 2.08. The van der Waals surface area contributed by atoms with Crippen LogP contribution in [0.25, 0.3) is 0 Å². The van der Waals surface area contributed by atoms with Crippen molar-refractivity contribution in [3.05, 3.63) is 70.8 Å². The first-order valence-corrected chi connectivity index (χ1v) is 6.08. The van der Waals surface area contributed by atoms with Gasteiger partial charge in [-0.05, 0) is 23.6 Å². The molecule has 2 N–H and O–H groups in total. The van der Waals surface area contributed by atoms with E-state index in [4.69, 9.17) is 5.73 Å². The van der Waals surface area contributed by atoms with Crippen molar-refractivity contribution in [2.24, 2.45) is 5.73 Å². The summed E-state index contributed by atoms with van der Waals surface area (Å²) in [7, 11) is 0. The second kappa shape index (κ2) is 5.61. The van der Waals surface area contributed by atoms with E-state index < -0.39 is 0 Å². The van der Waals surface area contributed by atoms with Gasteiger partial charge in [0, 0.05) is 18.5 Å². The van der Waals surface area contributed by atoms with Gasteiger partial charge < -0.3 is 5.73 Å². The van der Waals surface area contributed by atoms with Gasteiger partial charge in [-0.25, -0.2) is 0 Å². The van der Waals surface area contributed by atoms with Gasteiger partial charge in [0.15, 0.2) is 5.78 Å². The second-order valence-corrected chi connectivity index (χ2v) is 4.39. The molecule has 0 spiro atoms. The largest absolute Gasteiger partial charge is 0.326 e. The van der Waals surface area contributed by atoms with Crippen molar-refractivity contribution in [1.82, 2.24) is 0 Å². The normalized spacial score (nSPS) is 10.3. The Kier molecular flexibility index (Phi) is 3.90. The highest BCUT2D eigenvalue weighted by Crippen LogP contribution is 2.14. The van der Waals surface area contributed by atoms with Crippen LogP contribution in [0.4, 0.5) is 0 Å². The average molecular weight is 239 g/mol. The molecule has 2 aromatic rings. The van der Waals surface area contributed by atoms with Gasteiger partial charge in [-0.1, -0.05) is 48.5 Å². The summed E-state index contributed by atoms with van der Waals surface area (Å²) in [6.45, 7) is 2.43. The number of Topliss-reactive ketones (excluding diaryl/α,β-unsaturated/α-hetero) is 1. The molecule has 18 heavy (non-hydrogen) atoms. The lowest BCUT2D eigenvalue weighted by molar-refractivity contribution is 0.0992. The molecule has 0 fully saturated rings. The molecule has 0 saturated carbocycles. The van der Waals surface area contributed by atoms with Crippen molar-refractivity contribution < 1.29 is 4.79 Å². The molecule has 2 nitrogen and oxygen atoms in total. The summed E-state index contributed by atoms with van der Waals surface area (Å²) in [5.41, 5.74) is 9.56. The first-order valence-electron chi connectivity index (χ1n) is 6.08. The number of rotatable bonds is 4. The van der Waals surface area contributed by atoms with Crippen LogP contribution in [0.5, 0.6) is 0 Å². The van der Waals surface area contributed by atoms with E-state index in [0.29, 0.717) is 13.0 Å². The molecular weight excluding hydrogens is 222 g/mol. The van der Waals surface area contributed by atoms with Gasteiger partial charge in [-0.3, -0.25) is 4.79 Å². The molecule has 0 unspecified atom stereocenters. The van der Waals surface area contributed by atoms with E-state index >= 15 is 0 Å². The molecule has 2 heteroatoms. The van der Waals surface area contributed by atoms with Gasteiger partial charge in [-0.15, -0.1) is 0 Å². The van der Waals surface area contributed by atoms with E-state index in [1.54, 1.807) is 0 Å². The third-order valence-corrected chi connectivity index (χ3v) is 3.13. The van der Waals surface area contributed by atoms with Crippen LogP contribution in [0.1, 0.15) is 27.0 Å². The van der Waals surface area contributed by atoms with E-state index in [1.165, 1.54) is 0 Å². The smallest absolute Gasteiger partial charge is 0.167 e. The molecule has 0 aliphatic rings. The fourth-order valence-electron chi connectivity index (χ4n) is 2.08. The summed E-state index contributed by atoms with van der Waals surface area (Å²) in [5.74, 6) is 0.147. The van der Waals surface area contributed by atoms with Crippen LogP contribution < -0.4 is 5.73 Å². The molecule has 2 rings (SSSR count). The van der Waals surface area contributed by atoms with E-state index in [0.717, 1.165) is 22.3 Å². The van der Waals surface area contributed by atoms with Crippen LogP contribution in [-0.2, 0) is 13.0 Å². The first-order chi connectivity index (χ1) is 8.72. The monoisotopic (exact) mass is 239 g/mol. The Morgan fingerprint density at radius 1 is 1.00 bits per heavy atom. The van der Waals surface area contributed by atoms with Gasteiger partial charge >= 0.3 is 0 Å². The minimum atomic E-state index is 0.147. The zero-order chi connectivity index (χ0) is 13.0. The zero-order valence-corrected chi connectivity index (χ0v) is 10.5. The highest BCUT2D eigenvalue weighted by Gasteiger charge is 2.11. The zero-order valence-electron chi connectivity index (χ0n) is 10.5. The third-order valence-electron chi connectivity index (χ3n) is 3.13. The van der Waals surface area contributed by atoms with Crippen molar-refractivity contribution in [1.29, 1.82) is 0 Å². The lowest BCUT2D eigenvalue weighted by Crippen LogP contribution is -2.09. The van der Waals surface area contributed by atoms with Crippen molar-refractivity contribution in [2.45, 2.75) is 19.9 Å². The lowest BCUT2D eigenvalue weighted by Gasteiger charge is -2.08. The summed E-state index contributed by atoms with van der Waals surface area (Å²) >= 11 is 0. The number of hydrogen-bond acceptors (Lipinski definition) is 2. The first kappa shape index (κ1) is 12.5. The van der Waals surface area contributed by atoms with Crippen LogP contribution in [0.2, 0.25) is 0 Å². The number of nitrogens with two attached hydrogens (primary N) is 1. The van der Waals surface area contributed by atoms with Gasteiger partial charge in [0.05, 0.1) is 0 Å². The SMILES string of the molecule is Cc1ccccc1C(=O)Cc1ccccc1CN. The molecule has 0 aliphatic heterocycles. The summed E-state index contributed by atoms with van der Waals surface area (Å²) in [4.78, 5) is 12.3. The fraction of sp³-hybridized carbons (Fsp3) is 0.188. The van der Waals surface area contributed by atoms with Gasteiger partial charge in [0.1, 0.15) is 0 Å². The predicted molar refractivity (Wildman–Crippen MR) is 73.5 cm³/mol. The van der Waals surface area contributed by atoms with Gasteiger partial charge in [0.25, 0.3) is 0 Å². The maximum atomic E-state index is 12.3. The highest BCUT2D eigenvalue weighted by atomic mass is 16.1. The minimum absolute atomic E-state index is 0.147. The second-order valence-electron chi connectivity index (χ2n) is 4.39. The number of benzene rings is 2. The van der Waals surface area contributed by atoms with Gasteiger partial charge in [0.2, 0.25) is 0 Å². The summed E-state index contributed by atoms with van der Waals surface area (Å²) < 4.78 is 0. The molecule has 92 valence electrons. The number of carbonyl (C=O) groups is 1.